The molecule has 1 fully saturated rings. The van der Waals surface area contributed by atoms with Crippen molar-refractivity contribution in [3.8, 4) is 0 Å². The fourth-order valence-electron chi connectivity index (χ4n) is 2.93. The molecule has 0 radical (unpaired) electrons. The number of nitrogens with zero attached hydrogens (tertiary/aromatic N) is 1. The van der Waals surface area contributed by atoms with E-state index in [-0.39, 0.29) is 18.3 Å². The molecule has 1 amide bonds. The normalized spacial score (nSPS) is 18.5. The van der Waals surface area contributed by atoms with Gasteiger partial charge in [-0.3, -0.25) is 4.79 Å². The van der Waals surface area contributed by atoms with Crippen molar-refractivity contribution >= 4 is 18.3 Å². The Morgan fingerprint density at radius 3 is 2.85 bits per heavy atom. The van der Waals surface area contributed by atoms with Crippen LogP contribution in [0.5, 0.6) is 0 Å². The number of piperidine rings is 1. The molecule has 1 aliphatic rings. The quantitative estimate of drug-likeness (QED) is 0.928. The molecule has 1 aromatic carbocycles. The summed E-state index contributed by atoms with van der Waals surface area (Å²) >= 11 is 0. The van der Waals surface area contributed by atoms with E-state index in [0.29, 0.717) is 5.92 Å². The van der Waals surface area contributed by atoms with Crippen LogP contribution in [0.1, 0.15) is 42.1 Å². The van der Waals surface area contributed by atoms with Gasteiger partial charge in [0.15, 0.2) is 0 Å². The molecule has 2 N–H and O–H groups in total. The lowest BCUT2D eigenvalue weighted by molar-refractivity contribution is 0.0668. The van der Waals surface area contributed by atoms with Gasteiger partial charge in [-0.2, -0.15) is 0 Å². The van der Waals surface area contributed by atoms with E-state index < -0.39 is 0 Å². The average molecular weight is 297 g/mol. The van der Waals surface area contributed by atoms with E-state index in [2.05, 4.69) is 13.0 Å². The number of amides is 1. The first kappa shape index (κ1) is 17.0. The lowest BCUT2D eigenvalue weighted by Gasteiger charge is -2.33. The molecule has 1 aromatic rings. The van der Waals surface area contributed by atoms with E-state index >= 15 is 0 Å². The van der Waals surface area contributed by atoms with Gasteiger partial charge in [0.1, 0.15) is 0 Å². The molecule has 2 rings (SSSR count). The second-order valence-corrected chi connectivity index (χ2v) is 5.35. The molecule has 20 heavy (non-hydrogen) atoms. The second-order valence-electron chi connectivity index (χ2n) is 5.35. The molecule has 0 aromatic heterocycles. The Morgan fingerprint density at radius 1 is 1.40 bits per heavy atom. The van der Waals surface area contributed by atoms with Crippen molar-refractivity contribution in [3.05, 3.63) is 35.4 Å². The van der Waals surface area contributed by atoms with E-state index in [4.69, 9.17) is 5.73 Å². The maximum Gasteiger partial charge on any atom is 0.254 e. The average Bonchev–Trinajstić information content (AvgIpc) is 2.47. The van der Waals surface area contributed by atoms with Crippen molar-refractivity contribution in [2.75, 3.05) is 19.6 Å². The molecule has 1 saturated heterocycles. The van der Waals surface area contributed by atoms with Crippen LogP contribution in [0, 0.1) is 5.92 Å². The highest BCUT2D eigenvalue weighted by Crippen LogP contribution is 2.22. The van der Waals surface area contributed by atoms with Crippen LogP contribution in [0.4, 0.5) is 0 Å². The molecule has 0 bridgehead atoms. The Morgan fingerprint density at radius 2 is 2.15 bits per heavy atom. The molecule has 112 valence electrons. The number of likely N-dealkylation sites (tertiary alicyclic amines) is 1. The van der Waals surface area contributed by atoms with Gasteiger partial charge < -0.3 is 10.6 Å². The predicted molar refractivity (Wildman–Crippen MR) is 85.4 cm³/mol. The number of nitrogens with two attached hydrogens (primary N) is 1. The summed E-state index contributed by atoms with van der Waals surface area (Å²) < 4.78 is 0. The number of hydrogen-bond acceptors (Lipinski definition) is 2. The Labute approximate surface area is 127 Å². The van der Waals surface area contributed by atoms with Crippen molar-refractivity contribution in [2.45, 2.75) is 32.6 Å². The van der Waals surface area contributed by atoms with Crippen molar-refractivity contribution in [3.63, 3.8) is 0 Å². The first-order valence-corrected chi connectivity index (χ1v) is 7.33. The lowest BCUT2D eigenvalue weighted by atomic mass is 9.94. The van der Waals surface area contributed by atoms with Crippen molar-refractivity contribution in [1.82, 2.24) is 4.90 Å². The van der Waals surface area contributed by atoms with Crippen LogP contribution in [-0.4, -0.2) is 30.4 Å². The molecule has 3 nitrogen and oxygen atoms in total. The zero-order valence-corrected chi connectivity index (χ0v) is 13.0. The Balaban J connectivity index is 0.00000200. The maximum atomic E-state index is 12.6. The number of rotatable bonds is 4. The molecule has 1 atom stereocenters. The topological polar surface area (TPSA) is 46.3 Å². The zero-order valence-electron chi connectivity index (χ0n) is 12.2. The highest BCUT2D eigenvalue weighted by Gasteiger charge is 2.24. The van der Waals surface area contributed by atoms with Crippen LogP contribution in [0.2, 0.25) is 0 Å². The highest BCUT2D eigenvalue weighted by molar-refractivity contribution is 5.95. The summed E-state index contributed by atoms with van der Waals surface area (Å²) in [6.07, 6.45) is 4.24. The Hall–Kier alpha value is -1.06. The van der Waals surface area contributed by atoms with Gasteiger partial charge in [-0.05, 0) is 49.8 Å². The molecular weight excluding hydrogens is 272 g/mol. The molecule has 0 aliphatic carbocycles. The number of benzene rings is 1. The number of carbonyl (C=O) groups is 1. The number of halogens is 1. The summed E-state index contributed by atoms with van der Waals surface area (Å²) in [5, 5.41) is 0. The third-order valence-electron chi connectivity index (χ3n) is 4.01. The first-order valence-electron chi connectivity index (χ1n) is 7.33. The SMILES string of the molecule is CCc1ccccc1C(=O)N1CCCC(CCN)C1.Cl. The predicted octanol–water partition coefficient (Wildman–Crippen LogP) is 2.87. The van der Waals surface area contributed by atoms with Crippen LogP contribution in [0.25, 0.3) is 0 Å². The summed E-state index contributed by atoms with van der Waals surface area (Å²) in [6, 6.07) is 7.96. The molecule has 1 aliphatic heterocycles. The minimum absolute atomic E-state index is 0. The van der Waals surface area contributed by atoms with Crippen LogP contribution < -0.4 is 5.73 Å². The number of carbonyl (C=O) groups excluding carboxylic acids is 1. The van der Waals surface area contributed by atoms with Gasteiger partial charge in [0.2, 0.25) is 0 Å². The summed E-state index contributed by atoms with van der Waals surface area (Å²) in [7, 11) is 0. The monoisotopic (exact) mass is 296 g/mol. The standard InChI is InChI=1S/C16H24N2O.ClH/c1-2-14-7-3-4-8-15(14)16(19)18-11-5-6-13(12-18)9-10-17;/h3-4,7-8,13H,2,5-6,9-12,17H2,1H3;1H. The van der Waals surface area contributed by atoms with E-state index in [1.165, 1.54) is 6.42 Å². The van der Waals surface area contributed by atoms with Gasteiger partial charge in [-0.25, -0.2) is 0 Å². The van der Waals surface area contributed by atoms with Crippen LogP contribution >= 0.6 is 12.4 Å². The third kappa shape index (κ3) is 3.97. The maximum absolute atomic E-state index is 12.6. The summed E-state index contributed by atoms with van der Waals surface area (Å²) in [4.78, 5) is 14.6. The molecule has 4 heteroatoms. The molecule has 1 unspecified atom stereocenters. The molecule has 1 heterocycles. The van der Waals surface area contributed by atoms with Gasteiger partial charge >= 0.3 is 0 Å². The second kappa shape index (κ2) is 8.28. The van der Waals surface area contributed by atoms with Gasteiger partial charge in [-0.15, -0.1) is 12.4 Å². The fraction of sp³-hybridized carbons (Fsp3) is 0.562. The van der Waals surface area contributed by atoms with E-state index in [1.807, 2.05) is 23.1 Å². The number of aryl methyl sites for hydroxylation is 1. The van der Waals surface area contributed by atoms with Gasteiger partial charge in [0.05, 0.1) is 0 Å². The smallest absolute Gasteiger partial charge is 0.254 e. The summed E-state index contributed by atoms with van der Waals surface area (Å²) in [5.41, 5.74) is 7.65. The Kier molecular flexibility index (Phi) is 7.03. The van der Waals surface area contributed by atoms with E-state index in [9.17, 15) is 4.79 Å². The van der Waals surface area contributed by atoms with Gasteiger partial charge in [0.25, 0.3) is 5.91 Å². The van der Waals surface area contributed by atoms with Gasteiger partial charge in [0, 0.05) is 18.7 Å². The fourth-order valence-corrected chi connectivity index (χ4v) is 2.93. The minimum Gasteiger partial charge on any atom is -0.338 e. The summed E-state index contributed by atoms with van der Waals surface area (Å²) in [5.74, 6) is 0.774. The first-order chi connectivity index (χ1) is 9.26. The van der Waals surface area contributed by atoms with Crippen molar-refractivity contribution in [1.29, 1.82) is 0 Å². The molecule has 0 spiro atoms. The van der Waals surface area contributed by atoms with Gasteiger partial charge in [-0.1, -0.05) is 25.1 Å². The molecule has 0 saturated carbocycles. The third-order valence-corrected chi connectivity index (χ3v) is 4.01. The highest BCUT2D eigenvalue weighted by atomic mass is 35.5. The van der Waals surface area contributed by atoms with Crippen molar-refractivity contribution in [2.24, 2.45) is 11.7 Å². The van der Waals surface area contributed by atoms with Crippen LogP contribution in [0.3, 0.4) is 0 Å². The Bertz CT molecular complexity index is 434. The largest absolute Gasteiger partial charge is 0.338 e. The zero-order chi connectivity index (χ0) is 13.7. The van der Waals surface area contributed by atoms with E-state index in [0.717, 1.165) is 50.0 Å². The minimum atomic E-state index is 0. The van der Waals surface area contributed by atoms with E-state index in [1.54, 1.807) is 0 Å². The summed E-state index contributed by atoms with van der Waals surface area (Å²) in [6.45, 7) is 4.57. The number of hydrogen-bond donors (Lipinski definition) is 1. The van der Waals surface area contributed by atoms with Crippen LogP contribution in [-0.2, 0) is 6.42 Å². The molecular formula is C16H25ClN2O. The lowest BCUT2D eigenvalue weighted by Crippen LogP contribution is -2.40. The van der Waals surface area contributed by atoms with Crippen LogP contribution in [0.15, 0.2) is 24.3 Å². The van der Waals surface area contributed by atoms with Crippen molar-refractivity contribution < 1.29 is 4.79 Å².